The predicted molar refractivity (Wildman–Crippen MR) is 75.8 cm³/mol. The molecule has 2 rings (SSSR count). The zero-order chi connectivity index (χ0) is 13.7. The first kappa shape index (κ1) is 12.9. The number of hydrogen-bond donors (Lipinski definition) is 3. The van der Waals surface area contributed by atoms with Crippen molar-refractivity contribution in [1.82, 2.24) is 10.3 Å². The highest BCUT2D eigenvalue weighted by atomic mass is 16.1. The number of benzene rings is 1. The molecule has 2 aromatic rings. The number of hydrogen-bond acceptors (Lipinski definition) is 4. The zero-order valence-corrected chi connectivity index (χ0v) is 10.7. The SMILES string of the molecule is CNC(=O)c1ccc(NCc2cccnc2)c(N)c1. The van der Waals surface area contributed by atoms with Crippen LogP contribution in [-0.4, -0.2) is 17.9 Å². The second-order valence-electron chi connectivity index (χ2n) is 4.10. The largest absolute Gasteiger partial charge is 0.397 e. The average molecular weight is 256 g/mol. The number of rotatable bonds is 4. The van der Waals surface area contributed by atoms with Gasteiger partial charge in [-0.3, -0.25) is 9.78 Å². The fourth-order valence-electron chi connectivity index (χ4n) is 1.71. The standard InChI is InChI=1S/C14H16N4O/c1-16-14(19)11-4-5-13(12(15)7-11)18-9-10-3-2-6-17-8-10/h2-8,18H,9,15H2,1H3,(H,16,19). The van der Waals surface area contributed by atoms with Gasteiger partial charge >= 0.3 is 0 Å². The van der Waals surface area contributed by atoms with Gasteiger partial charge in [-0.2, -0.15) is 0 Å². The fourth-order valence-corrected chi connectivity index (χ4v) is 1.71. The highest BCUT2D eigenvalue weighted by molar-refractivity contribution is 5.95. The number of nitrogens with two attached hydrogens (primary N) is 1. The maximum absolute atomic E-state index is 11.5. The molecule has 1 heterocycles. The van der Waals surface area contributed by atoms with Gasteiger partial charge in [-0.1, -0.05) is 6.07 Å². The Morgan fingerprint density at radius 3 is 2.84 bits per heavy atom. The second kappa shape index (κ2) is 5.86. The molecule has 0 saturated heterocycles. The number of pyridine rings is 1. The molecule has 1 amide bonds. The van der Waals surface area contributed by atoms with Gasteiger partial charge in [-0.15, -0.1) is 0 Å². The van der Waals surface area contributed by atoms with Crippen molar-refractivity contribution in [2.75, 3.05) is 18.1 Å². The average Bonchev–Trinajstić information content (AvgIpc) is 2.46. The van der Waals surface area contributed by atoms with Crippen LogP contribution in [0.5, 0.6) is 0 Å². The summed E-state index contributed by atoms with van der Waals surface area (Å²) in [7, 11) is 1.59. The Kier molecular flexibility index (Phi) is 3.97. The van der Waals surface area contributed by atoms with Crippen LogP contribution in [-0.2, 0) is 6.54 Å². The first-order valence-corrected chi connectivity index (χ1v) is 5.95. The molecule has 5 heteroatoms. The molecule has 0 radical (unpaired) electrons. The van der Waals surface area contributed by atoms with E-state index in [1.807, 2.05) is 12.1 Å². The molecular weight excluding hydrogens is 240 g/mol. The second-order valence-corrected chi connectivity index (χ2v) is 4.10. The van der Waals surface area contributed by atoms with Crippen molar-refractivity contribution in [3.63, 3.8) is 0 Å². The molecule has 5 nitrogen and oxygen atoms in total. The molecule has 1 aromatic carbocycles. The van der Waals surface area contributed by atoms with E-state index in [-0.39, 0.29) is 5.91 Å². The molecule has 1 aromatic heterocycles. The molecule has 0 saturated carbocycles. The van der Waals surface area contributed by atoms with Crippen molar-refractivity contribution >= 4 is 17.3 Å². The van der Waals surface area contributed by atoms with E-state index in [4.69, 9.17) is 5.73 Å². The van der Waals surface area contributed by atoms with E-state index in [1.54, 1.807) is 37.6 Å². The minimum Gasteiger partial charge on any atom is -0.397 e. The minimum absolute atomic E-state index is 0.148. The summed E-state index contributed by atoms with van der Waals surface area (Å²) in [4.78, 5) is 15.5. The Bertz CT molecular complexity index is 569. The normalized spacial score (nSPS) is 9.95. The van der Waals surface area contributed by atoms with Crippen LogP contribution in [0.15, 0.2) is 42.7 Å². The zero-order valence-electron chi connectivity index (χ0n) is 10.7. The summed E-state index contributed by atoms with van der Waals surface area (Å²) in [6.45, 7) is 0.636. The summed E-state index contributed by atoms with van der Waals surface area (Å²) in [6, 6.07) is 9.06. The van der Waals surface area contributed by atoms with Crippen molar-refractivity contribution < 1.29 is 4.79 Å². The van der Waals surface area contributed by atoms with Crippen LogP contribution >= 0.6 is 0 Å². The fraction of sp³-hybridized carbons (Fsp3) is 0.143. The molecule has 4 N–H and O–H groups in total. The van der Waals surface area contributed by atoms with Crippen LogP contribution in [0.2, 0.25) is 0 Å². The number of aromatic nitrogens is 1. The lowest BCUT2D eigenvalue weighted by Gasteiger charge is -2.10. The van der Waals surface area contributed by atoms with E-state index in [2.05, 4.69) is 15.6 Å². The highest BCUT2D eigenvalue weighted by Crippen LogP contribution is 2.20. The van der Waals surface area contributed by atoms with Crippen LogP contribution in [0, 0.1) is 0 Å². The third-order valence-electron chi connectivity index (χ3n) is 2.75. The van der Waals surface area contributed by atoms with Crippen molar-refractivity contribution in [2.45, 2.75) is 6.54 Å². The Morgan fingerprint density at radius 2 is 2.21 bits per heavy atom. The molecule has 0 atom stereocenters. The summed E-state index contributed by atoms with van der Waals surface area (Å²) in [5.74, 6) is -0.148. The lowest BCUT2D eigenvalue weighted by atomic mass is 10.1. The Morgan fingerprint density at radius 1 is 1.37 bits per heavy atom. The van der Waals surface area contributed by atoms with E-state index < -0.39 is 0 Å². The molecule has 98 valence electrons. The van der Waals surface area contributed by atoms with Gasteiger partial charge in [0.2, 0.25) is 0 Å². The monoisotopic (exact) mass is 256 g/mol. The lowest BCUT2D eigenvalue weighted by Crippen LogP contribution is -2.18. The smallest absolute Gasteiger partial charge is 0.251 e. The summed E-state index contributed by atoms with van der Waals surface area (Å²) >= 11 is 0. The van der Waals surface area contributed by atoms with Crippen molar-refractivity contribution in [2.24, 2.45) is 0 Å². The minimum atomic E-state index is -0.148. The van der Waals surface area contributed by atoms with E-state index in [0.29, 0.717) is 17.8 Å². The molecule has 0 aliphatic carbocycles. The quantitative estimate of drug-likeness (QED) is 0.726. The number of carbonyl (C=O) groups is 1. The van der Waals surface area contributed by atoms with Crippen molar-refractivity contribution in [3.05, 3.63) is 53.9 Å². The summed E-state index contributed by atoms with van der Waals surface area (Å²) in [6.07, 6.45) is 3.53. The van der Waals surface area contributed by atoms with Crippen LogP contribution in [0.1, 0.15) is 15.9 Å². The molecule has 0 aliphatic heterocycles. The summed E-state index contributed by atoms with van der Waals surface area (Å²) in [5, 5.41) is 5.78. The van der Waals surface area contributed by atoms with Crippen LogP contribution < -0.4 is 16.4 Å². The molecule has 0 aliphatic rings. The first-order valence-electron chi connectivity index (χ1n) is 5.95. The van der Waals surface area contributed by atoms with E-state index >= 15 is 0 Å². The number of nitrogen functional groups attached to an aromatic ring is 1. The first-order chi connectivity index (χ1) is 9.20. The van der Waals surface area contributed by atoms with E-state index in [1.165, 1.54) is 0 Å². The van der Waals surface area contributed by atoms with Gasteiger partial charge in [0.25, 0.3) is 5.91 Å². The molecular formula is C14H16N4O. The maximum atomic E-state index is 11.5. The van der Waals surface area contributed by atoms with Gasteiger partial charge < -0.3 is 16.4 Å². The molecule has 0 fully saturated rings. The predicted octanol–water partition coefficient (Wildman–Crippen LogP) is 1.64. The van der Waals surface area contributed by atoms with E-state index in [9.17, 15) is 4.79 Å². The van der Waals surface area contributed by atoms with Gasteiger partial charge in [0.15, 0.2) is 0 Å². The van der Waals surface area contributed by atoms with Gasteiger partial charge in [-0.05, 0) is 29.8 Å². The van der Waals surface area contributed by atoms with Gasteiger partial charge in [0.1, 0.15) is 0 Å². The molecule has 0 bridgehead atoms. The van der Waals surface area contributed by atoms with Gasteiger partial charge in [0.05, 0.1) is 11.4 Å². The number of nitrogens with one attached hydrogen (secondary N) is 2. The summed E-state index contributed by atoms with van der Waals surface area (Å²) in [5.41, 5.74) is 8.88. The third-order valence-corrected chi connectivity index (χ3v) is 2.75. The van der Waals surface area contributed by atoms with Crippen molar-refractivity contribution in [3.8, 4) is 0 Å². The Labute approximate surface area is 111 Å². The van der Waals surface area contributed by atoms with Gasteiger partial charge in [0, 0.05) is 31.5 Å². The number of nitrogens with zero attached hydrogens (tertiary/aromatic N) is 1. The van der Waals surface area contributed by atoms with E-state index in [0.717, 1.165) is 11.3 Å². The third kappa shape index (κ3) is 3.22. The molecule has 19 heavy (non-hydrogen) atoms. The molecule has 0 unspecified atom stereocenters. The van der Waals surface area contributed by atoms with Gasteiger partial charge in [-0.25, -0.2) is 0 Å². The molecule has 0 spiro atoms. The Balaban J connectivity index is 2.07. The number of anilines is 2. The lowest BCUT2D eigenvalue weighted by molar-refractivity contribution is 0.0963. The highest BCUT2D eigenvalue weighted by Gasteiger charge is 2.06. The van der Waals surface area contributed by atoms with Crippen LogP contribution in [0.4, 0.5) is 11.4 Å². The number of carbonyl (C=O) groups excluding carboxylic acids is 1. The number of amides is 1. The summed E-state index contributed by atoms with van der Waals surface area (Å²) < 4.78 is 0. The topological polar surface area (TPSA) is 80.0 Å². The van der Waals surface area contributed by atoms with Crippen LogP contribution in [0.25, 0.3) is 0 Å². The maximum Gasteiger partial charge on any atom is 0.251 e. The van der Waals surface area contributed by atoms with Crippen LogP contribution in [0.3, 0.4) is 0 Å². The Hall–Kier alpha value is -2.56. The van der Waals surface area contributed by atoms with Crippen molar-refractivity contribution in [1.29, 1.82) is 0 Å².